The average Bonchev–Trinajstić information content (AvgIpc) is 1.62. The predicted molar refractivity (Wildman–Crippen MR) is 429 cm³/mol. The highest BCUT2D eigenvalue weighted by atomic mass is 32.2. The third kappa shape index (κ3) is 9.35. The molecule has 0 bridgehead atoms. The molecule has 5 heterocycles. The van der Waals surface area contributed by atoms with Crippen LogP contribution in [-0.2, 0) is 5.41 Å². The molecule has 0 saturated heterocycles. The van der Waals surface area contributed by atoms with Gasteiger partial charge < -0.3 is 14.0 Å². The fraction of sp³-hybridized carbons (Fsp3) is 0.0426. The molecule has 18 aromatic rings. The minimum absolute atomic E-state index is 0.00775. The summed E-state index contributed by atoms with van der Waals surface area (Å²) < 4.78 is 145. The Labute approximate surface area is 609 Å². The monoisotopic (exact) mass is 1320 g/mol. The molecule has 2 aliphatic rings. The van der Waals surface area contributed by atoms with Gasteiger partial charge in [0.1, 0.15) is 0 Å². The Hall–Kier alpha value is -11.7. The van der Waals surface area contributed by atoms with E-state index in [1.54, 1.807) is 32.2 Å². The van der Waals surface area contributed by atoms with Crippen LogP contribution in [0.5, 0.6) is 0 Å². The van der Waals surface area contributed by atoms with Crippen LogP contribution < -0.4 is 21.3 Å². The summed E-state index contributed by atoms with van der Waals surface area (Å²) in [7, 11) is 0. The zero-order valence-electron chi connectivity index (χ0n) is 68.4. The largest absolute Gasteiger partial charge is 0.310 e. The Morgan fingerprint density at radius 2 is 0.840 bits per heavy atom. The van der Waals surface area contributed by atoms with Crippen molar-refractivity contribution < 1.29 is 19.2 Å². The molecule has 0 atom stereocenters. The molecule has 0 aliphatic carbocycles. The van der Waals surface area contributed by atoms with Gasteiger partial charge in [0, 0.05) is 85.4 Å². The van der Waals surface area contributed by atoms with Crippen molar-refractivity contribution in [2.24, 2.45) is 0 Å². The lowest BCUT2D eigenvalue weighted by Gasteiger charge is -2.42. The Kier molecular flexibility index (Phi) is 10.5. The summed E-state index contributed by atoms with van der Waals surface area (Å²) in [5.41, 5.74) is 14.3. The van der Waals surface area contributed by atoms with E-state index in [1.165, 1.54) is 0 Å². The van der Waals surface area contributed by atoms with Crippen LogP contribution in [0.25, 0.3) is 142 Å². The van der Waals surface area contributed by atoms with E-state index in [0.717, 1.165) is 102 Å². The molecule has 0 radical (unpaired) electrons. The van der Waals surface area contributed by atoms with Crippen molar-refractivity contribution in [3.05, 3.63) is 339 Å². The summed E-state index contributed by atoms with van der Waals surface area (Å²) in [4.78, 5) is 4.03. The first-order valence-electron chi connectivity index (χ1n) is 40.5. The number of fused-ring (bicyclic) bond motifs is 14. The molecular formula is C94H64BN3S2. The number of rotatable bonds is 9. The predicted octanol–water partition coefficient (Wildman–Crippen LogP) is 24.3. The molecule has 100 heavy (non-hydrogen) atoms. The van der Waals surface area contributed by atoms with Gasteiger partial charge in [-0.15, -0.1) is 11.3 Å². The second-order valence-corrected chi connectivity index (χ2v) is 28.9. The van der Waals surface area contributed by atoms with Gasteiger partial charge >= 0.3 is 0 Å². The van der Waals surface area contributed by atoms with Gasteiger partial charge in [-0.3, -0.25) is 0 Å². The van der Waals surface area contributed by atoms with Crippen molar-refractivity contribution in [1.29, 1.82) is 0 Å². The van der Waals surface area contributed by atoms with Crippen LogP contribution in [0.4, 0.5) is 17.1 Å². The summed E-state index contributed by atoms with van der Waals surface area (Å²) >= 11 is 3.31. The van der Waals surface area contributed by atoms with E-state index in [-0.39, 0.29) is 91.0 Å². The van der Waals surface area contributed by atoms with Crippen molar-refractivity contribution in [3.63, 3.8) is 0 Å². The van der Waals surface area contributed by atoms with Crippen LogP contribution in [0.2, 0.25) is 0 Å². The lowest BCUT2D eigenvalue weighted by molar-refractivity contribution is 0.591. The number of benzene rings is 15. The number of aromatic nitrogens is 2. The third-order valence-corrected chi connectivity index (χ3v) is 22.3. The Morgan fingerprint density at radius 3 is 1.41 bits per heavy atom. The highest BCUT2D eigenvalue weighted by Crippen LogP contribution is 2.54. The summed E-state index contributed by atoms with van der Waals surface area (Å²) in [6, 6.07) is 77.2. The maximum atomic E-state index is 10.8. The second kappa shape index (κ2) is 23.0. The maximum Gasteiger partial charge on any atom is 0.249 e. The smallest absolute Gasteiger partial charge is 0.249 e. The summed E-state index contributed by atoms with van der Waals surface area (Å²) in [6.07, 6.45) is 0. The number of hydrogen-bond acceptors (Lipinski definition) is 3. The average molecular weight is 1320 g/mol. The molecule has 0 unspecified atom stereocenters. The fourth-order valence-electron chi connectivity index (χ4n) is 15.3. The molecule has 0 saturated carbocycles. The second-order valence-electron chi connectivity index (χ2n) is 26.8. The van der Waals surface area contributed by atoms with Gasteiger partial charge in [0.25, 0.3) is 0 Å². The summed E-state index contributed by atoms with van der Waals surface area (Å²) in [5, 5.41) is 2.11. The molecule has 2 aliphatic heterocycles. The fourth-order valence-corrected chi connectivity index (χ4v) is 17.8. The Balaban J connectivity index is 0.971. The maximum absolute atomic E-state index is 10.8. The number of nitrogens with zero attached hydrogens (tertiary/aromatic N) is 3. The lowest BCUT2D eigenvalue weighted by Crippen LogP contribution is -2.60. The van der Waals surface area contributed by atoms with E-state index >= 15 is 0 Å². The van der Waals surface area contributed by atoms with Crippen molar-refractivity contribution in [2.45, 2.75) is 36.0 Å². The molecule has 0 spiro atoms. The molecule has 20 rings (SSSR count). The van der Waals surface area contributed by atoms with Crippen molar-refractivity contribution >= 4 is 127 Å². The van der Waals surface area contributed by atoms with E-state index in [4.69, 9.17) is 0 Å². The Bertz CT molecular complexity index is 7180. The molecule has 15 aromatic carbocycles. The van der Waals surface area contributed by atoms with E-state index in [1.807, 2.05) is 170 Å². The zero-order valence-corrected chi connectivity index (χ0v) is 56.0. The molecule has 6 heteroatoms. The molecule has 0 amide bonds. The van der Waals surface area contributed by atoms with Gasteiger partial charge in [0.15, 0.2) is 0 Å². The van der Waals surface area contributed by atoms with Gasteiger partial charge in [-0.2, -0.15) is 0 Å². The quantitative estimate of drug-likeness (QED) is 0.134. The van der Waals surface area contributed by atoms with E-state index in [9.17, 15) is 19.2 Å². The van der Waals surface area contributed by atoms with Crippen LogP contribution in [-0.4, -0.2) is 15.8 Å². The van der Waals surface area contributed by atoms with Crippen LogP contribution in [0.3, 0.4) is 0 Å². The Morgan fingerprint density at radius 1 is 0.360 bits per heavy atom. The van der Waals surface area contributed by atoms with Crippen molar-refractivity contribution in [3.8, 4) is 78.1 Å². The topological polar surface area (TPSA) is 13.1 Å². The number of anilines is 3. The molecule has 470 valence electrons. The lowest BCUT2D eigenvalue weighted by atomic mass is 9.34. The summed E-state index contributed by atoms with van der Waals surface area (Å²) in [6.45, 7) is 5.98. The minimum atomic E-state index is -0.592. The van der Waals surface area contributed by atoms with Crippen LogP contribution in [0, 0.1) is 0 Å². The van der Waals surface area contributed by atoms with E-state index in [2.05, 4.69) is 105 Å². The molecule has 3 nitrogen and oxygen atoms in total. The normalized spacial score (nSPS) is 14.6. The van der Waals surface area contributed by atoms with E-state index in [0.29, 0.717) is 33.9 Å². The molecular weight excluding hydrogens is 1250 g/mol. The third-order valence-electron chi connectivity index (χ3n) is 20.0. The summed E-state index contributed by atoms with van der Waals surface area (Å²) in [5.74, 6) is 0. The molecule has 3 aromatic heterocycles. The number of thiophene rings is 1. The minimum Gasteiger partial charge on any atom is -0.310 e. The number of para-hydroxylation sites is 2. The van der Waals surface area contributed by atoms with Crippen LogP contribution >= 0.6 is 23.1 Å². The first-order chi connectivity index (χ1) is 55.1. The van der Waals surface area contributed by atoms with Crippen molar-refractivity contribution in [2.75, 3.05) is 4.90 Å². The molecule has 0 fully saturated rings. The highest BCUT2D eigenvalue weighted by molar-refractivity contribution is 8.00. The standard InChI is InChI=1S/C94H64BN3S2/c1-94(2,3)69-54-77(61-28-12-6-13-29-61)92(78(55-69)62-30-14-7-15-31-62)98-85-56-70(96-81-39-19-16-36-72(81)74-45-42-67(52-83(74)96)65-34-22-32-63(50-65)59-24-8-4-9-25-59)44-47-79(85)95-80-48-49-88-90(76-38-18-21-41-87(76)99-88)93(80)100-89-58-71(57-86(98)91(89)95)97-82-40-20-17-37-73(82)75-46-43-68(53-84(75)97)66-35-23-33-64(51-66)60-26-10-5-11-27-60/h4-58H,1-3H3/i16D,17D,19D,20D,36D,37D,39D,40D,42D,43D,45D,46D,52D,53D. The highest BCUT2D eigenvalue weighted by Gasteiger charge is 2.44. The number of hydrogen-bond donors (Lipinski definition) is 0. The van der Waals surface area contributed by atoms with Gasteiger partial charge in [-0.25, -0.2) is 0 Å². The van der Waals surface area contributed by atoms with Gasteiger partial charge in [0.05, 0.1) is 46.9 Å². The molecule has 0 N–H and O–H groups in total. The van der Waals surface area contributed by atoms with Crippen molar-refractivity contribution in [1.82, 2.24) is 9.13 Å². The van der Waals surface area contributed by atoms with Crippen LogP contribution in [0.15, 0.2) is 343 Å². The van der Waals surface area contributed by atoms with E-state index < -0.39 is 60.5 Å². The van der Waals surface area contributed by atoms with Gasteiger partial charge in [0.2, 0.25) is 6.71 Å². The zero-order chi connectivity index (χ0) is 78.5. The SMILES string of the molecule is [2H]c1c([2H])c([2H])c2c(c1[2H])c1c([2H])c([2H])c(-c3cccc(-c4ccccc4)c3)c([2H])c1n2-c1ccc2c(c1)N(c1c(-c3ccccc3)cc(C(C)(C)C)cc1-c1ccccc1)c1cc(-n3c4c([2H])c([2H])c([2H])c([2H])c4c4c([2H])c([2H])c(-c5cccc(-c6ccccc6)c5)c([2H])c43)cc3c1B2c1ccc2sc4ccccc4c2c1S3. The first-order valence-corrected chi connectivity index (χ1v) is 35.1. The first kappa shape index (κ1) is 45.8. The van der Waals surface area contributed by atoms with Gasteiger partial charge in [-0.1, -0.05) is 286 Å². The van der Waals surface area contributed by atoms with Gasteiger partial charge in [-0.05, 0) is 162 Å². The van der Waals surface area contributed by atoms with Crippen LogP contribution in [0.1, 0.15) is 45.5 Å².